The largest absolute Gasteiger partial charge is 0.477 e. The quantitative estimate of drug-likeness (QED) is 0.756. The summed E-state index contributed by atoms with van der Waals surface area (Å²) in [6.45, 7) is 2.04. The Morgan fingerprint density at radius 1 is 1.38 bits per heavy atom. The molecule has 7 nitrogen and oxygen atoms in total. The lowest BCUT2D eigenvalue weighted by Gasteiger charge is -2.34. The van der Waals surface area contributed by atoms with Crippen molar-refractivity contribution in [1.82, 2.24) is 14.6 Å². The van der Waals surface area contributed by atoms with Crippen molar-refractivity contribution in [2.75, 3.05) is 13.1 Å². The van der Waals surface area contributed by atoms with Gasteiger partial charge in [0.05, 0.1) is 0 Å². The summed E-state index contributed by atoms with van der Waals surface area (Å²) in [4.78, 5) is 15.7. The SMILES string of the molecule is O=C(O)c1cc(S(=O)(=O)NC2CCN3CCCC3C2)c[nH]1. The predicted octanol–water partition coefficient (Wildman–Crippen LogP) is 0.618. The Labute approximate surface area is 123 Å². The first-order valence-electron chi connectivity index (χ1n) is 7.14. The number of hydrogen-bond acceptors (Lipinski definition) is 4. The number of fused-ring (bicyclic) bond motifs is 1. The highest BCUT2D eigenvalue weighted by molar-refractivity contribution is 7.89. The highest BCUT2D eigenvalue weighted by Crippen LogP contribution is 2.27. The summed E-state index contributed by atoms with van der Waals surface area (Å²) in [5.41, 5.74) is -0.124. The summed E-state index contributed by atoms with van der Waals surface area (Å²) >= 11 is 0. The van der Waals surface area contributed by atoms with Gasteiger partial charge in [0, 0.05) is 18.3 Å². The molecule has 21 heavy (non-hydrogen) atoms. The topological polar surface area (TPSA) is 102 Å². The van der Waals surface area contributed by atoms with Crippen molar-refractivity contribution >= 4 is 16.0 Å². The number of carbonyl (C=O) groups is 1. The van der Waals surface area contributed by atoms with Gasteiger partial charge in [0.15, 0.2) is 0 Å². The Balaban J connectivity index is 1.69. The number of piperidine rings is 1. The molecule has 3 N–H and O–H groups in total. The van der Waals surface area contributed by atoms with Gasteiger partial charge in [0.1, 0.15) is 10.6 Å². The molecule has 3 heterocycles. The minimum Gasteiger partial charge on any atom is -0.477 e. The van der Waals surface area contributed by atoms with Crippen LogP contribution in [0.1, 0.15) is 36.2 Å². The van der Waals surface area contributed by atoms with Gasteiger partial charge >= 0.3 is 5.97 Å². The molecule has 2 aliphatic heterocycles. The highest BCUT2D eigenvalue weighted by Gasteiger charge is 2.33. The molecular weight excluding hydrogens is 294 g/mol. The number of hydrogen-bond donors (Lipinski definition) is 3. The molecular formula is C13H19N3O4S. The number of H-pyrrole nitrogens is 1. The first-order valence-corrected chi connectivity index (χ1v) is 8.62. The Morgan fingerprint density at radius 3 is 2.90 bits per heavy atom. The number of sulfonamides is 1. The van der Waals surface area contributed by atoms with E-state index in [1.807, 2.05) is 0 Å². The maximum Gasteiger partial charge on any atom is 0.352 e. The number of aromatic carboxylic acids is 1. The van der Waals surface area contributed by atoms with E-state index in [1.54, 1.807) is 0 Å². The molecule has 0 radical (unpaired) electrons. The third-order valence-electron chi connectivity index (χ3n) is 4.34. The minimum atomic E-state index is -3.66. The molecule has 0 bridgehead atoms. The van der Waals surface area contributed by atoms with Crippen LogP contribution in [0.4, 0.5) is 0 Å². The van der Waals surface area contributed by atoms with E-state index >= 15 is 0 Å². The molecule has 0 aromatic carbocycles. The molecule has 2 unspecified atom stereocenters. The van der Waals surface area contributed by atoms with Crippen LogP contribution in [-0.4, -0.2) is 54.6 Å². The van der Waals surface area contributed by atoms with Gasteiger partial charge in [-0.1, -0.05) is 0 Å². The molecule has 2 fully saturated rings. The van der Waals surface area contributed by atoms with Crippen LogP contribution >= 0.6 is 0 Å². The van der Waals surface area contributed by atoms with E-state index in [0.29, 0.717) is 6.04 Å². The molecule has 0 amide bonds. The van der Waals surface area contributed by atoms with Crippen LogP contribution in [0.15, 0.2) is 17.2 Å². The standard InChI is InChI=1S/C13H19N3O4S/c17-13(18)12-7-11(8-14-12)21(19,20)15-9-3-5-16-4-1-2-10(16)6-9/h7-10,14-15H,1-6H2,(H,17,18). The van der Waals surface area contributed by atoms with Gasteiger partial charge in [0.25, 0.3) is 0 Å². The fourth-order valence-electron chi connectivity index (χ4n) is 3.27. The molecule has 1 aromatic rings. The van der Waals surface area contributed by atoms with Gasteiger partial charge in [-0.2, -0.15) is 0 Å². The fraction of sp³-hybridized carbons (Fsp3) is 0.615. The fourth-order valence-corrected chi connectivity index (χ4v) is 4.55. The zero-order valence-electron chi connectivity index (χ0n) is 11.6. The van der Waals surface area contributed by atoms with Gasteiger partial charge in [-0.3, -0.25) is 0 Å². The van der Waals surface area contributed by atoms with E-state index in [4.69, 9.17) is 5.11 Å². The van der Waals surface area contributed by atoms with E-state index < -0.39 is 16.0 Å². The van der Waals surface area contributed by atoms with Crippen LogP contribution < -0.4 is 4.72 Å². The van der Waals surface area contributed by atoms with Crippen molar-refractivity contribution in [3.05, 3.63) is 18.0 Å². The number of rotatable bonds is 4. The lowest BCUT2D eigenvalue weighted by molar-refractivity contribution is 0.0691. The van der Waals surface area contributed by atoms with Gasteiger partial charge < -0.3 is 15.0 Å². The molecule has 3 rings (SSSR count). The molecule has 2 atom stereocenters. The maximum absolute atomic E-state index is 12.3. The van der Waals surface area contributed by atoms with Gasteiger partial charge in [-0.05, 0) is 44.8 Å². The van der Waals surface area contributed by atoms with Gasteiger partial charge in [-0.15, -0.1) is 0 Å². The van der Waals surface area contributed by atoms with Crippen LogP contribution in [0.2, 0.25) is 0 Å². The number of nitrogens with one attached hydrogen (secondary N) is 2. The average Bonchev–Trinajstić information content (AvgIpc) is 3.07. The lowest BCUT2D eigenvalue weighted by Crippen LogP contribution is -2.47. The van der Waals surface area contributed by atoms with Gasteiger partial charge in [-0.25, -0.2) is 17.9 Å². The third kappa shape index (κ3) is 2.97. The normalized spacial score (nSPS) is 26.7. The second kappa shape index (κ2) is 5.43. The second-order valence-corrected chi connectivity index (χ2v) is 7.44. The summed E-state index contributed by atoms with van der Waals surface area (Å²) < 4.78 is 27.3. The number of aromatic amines is 1. The van der Waals surface area contributed by atoms with Crippen LogP contribution in [0.3, 0.4) is 0 Å². The summed E-state index contributed by atoms with van der Waals surface area (Å²) in [5, 5.41) is 8.84. The second-order valence-electron chi connectivity index (χ2n) is 5.73. The molecule has 2 saturated heterocycles. The Morgan fingerprint density at radius 2 is 2.19 bits per heavy atom. The van der Waals surface area contributed by atoms with Crippen LogP contribution in [-0.2, 0) is 10.0 Å². The summed E-state index contributed by atoms with van der Waals surface area (Å²) in [7, 11) is -3.66. The van der Waals surface area contributed by atoms with Crippen LogP contribution in [0.5, 0.6) is 0 Å². The molecule has 0 aliphatic carbocycles. The van der Waals surface area contributed by atoms with Crippen molar-refractivity contribution < 1.29 is 18.3 Å². The minimum absolute atomic E-state index is 0.0197. The zero-order chi connectivity index (χ0) is 15.0. The molecule has 1 aromatic heterocycles. The number of carboxylic acid groups (broad SMARTS) is 1. The van der Waals surface area contributed by atoms with Crippen molar-refractivity contribution in [2.45, 2.75) is 42.7 Å². The Kier molecular flexibility index (Phi) is 3.76. The summed E-state index contributed by atoms with van der Waals surface area (Å²) in [6.07, 6.45) is 5.16. The van der Waals surface area contributed by atoms with E-state index in [2.05, 4.69) is 14.6 Å². The Hall–Kier alpha value is -1.38. The zero-order valence-corrected chi connectivity index (χ0v) is 12.4. The first-order chi connectivity index (χ1) is 9.95. The predicted molar refractivity (Wildman–Crippen MR) is 75.7 cm³/mol. The summed E-state index contributed by atoms with van der Waals surface area (Å²) in [6, 6.07) is 1.56. The monoisotopic (exact) mass is 313 g/mol. The highest BCUT2D eigenvalue weighted by atomic mass is 32.2. The first kappa shape index (κ1) is 14.6. The van der Waals surface area contributed by atoms with Crippen molar-refractivity contribution in [1.29, 1.82) is 0 Å². The van der Waals surface area contributed by atoms with Crippen molar-refractivity contribution in [3.8, 4) is 0 Å². The van der Waals surface area contributed by atoms with Crippen LogP contribution in [0.25, 0.3) is 0 Å². The maximum atomic E-state index is 12.3. The number of aromatic nitrogens is 1. The smallest absolute Gasteiger partial charge is 0.352 e. The average molecular weight is 313 g/mol. The number of carboxylic acids is 1. The van der Waals surface area contributed by atoms with Gasteiger partial charge in [0.2, 0.25) is 10.0 Å². The van der Waals surface area contributed by atoms with E-state index in [1.165, 1.54) is 12.6 Å². The molecule has 8 heteroatoms. The van der Waals surface area contributed by atoms with E-state index in [9.17, 15) is 13.2 Å². The molecule has 116 valence electrons. The van der Waals surface area contributed by atoms with E-state index in [0.717, 1.165) is 38.4 Å². The molecule has 0 saturated carbocycles. The third-order valence-corrected chi connectivity index (χ3v) is 5.84. The lowest BCUT2D eigenvalue weighted by atomic mass is 9.99. The Bertz CT molecular complexity index is 640. The number of nitrogens with zero attached hydrogens (tertiary/aromatic N) is 1. The molecule has 2 aliphatic rings. The summed E-state index contributed by atoms with van der Waals surface area (Å²) in [5.74, 6) is -1.17. The molecule has 0 spiro atoms. The van der Waals surface area contributed by atoms with Crippen LogP contribution in [0, 0.1) is 0 Å². The van der Waals surface area contributed by atoms with E-state index in [-0.39, 0.29) is 16.6 Å². The van der Waals surface area contributed by atoms with Crippen molar-refractivity contribution in [3.63, 3.8) is 0 Å². The van der Waals surface area contributed by atoms with Crippen molar-refractivity contribution in [2.24, 2.45) is 0 Å².